The summed E-state index contributed by atoms with van der Waals surface area (Å²) in [6.07, 6.45) is 2.66. The number of carbonyl (C=O) groups excluding carboxylic acids is 1. The highest BCUT2D eigenvalue weighted by Crippen LogP contribution is 2.16. The van der Waals surface area contributed by atoms with Gasteiger partial charge in [-0.2, -0.15) is 0 Å². The summed E-state index contributed by atoms with van der Waals surface area (Å²) in [5, 5.41) is 11.0. The minimum atomic E-state index is -0.163. The first-order chi connectivity index (χ1) is 12.2. The van der Waals surface area contributed by atoms with Crippen molar-refractivity contribution in [2.45, 2.75) is 19.4 Å². The summed E-state index contributed by atoms with van der Waals surface area (Å²) in [4.78, 5) is 13.8. The SMILES string of the molecule is C[C@H](c1ccccc1)n1cc(C(=O)NCCC[NH+]2CCOCC2)nn1. The number of amides is 1. The number of hydrogen-bond acceptors (Lipinski definition) is 4. The van der Waals surface area contributed by atoms with Gasteiger partial charge in [0, 0.05) is 13.0 Å². The lowest BCUT2D eigenvalue weighted by atomic mass is 10.1. The molecule has 0 bridgehead atoms. The molecule has 1 aromatic carbocycles. The van der Waals surface area contributed by atoms with Gasteiger partial charge in [-0.25, -0.2) is 4.68 Å². The molecule has 0 spiro atoms. The molecule has 1 aromatic heterocycles. The molecule has 134 valence electrons. The third-order valence-electron chi connectivity index (χ3n) is 4.61. The van der Waals surface area contributed by atoms with Crippen LogP contribution in [-0.4, -0.2) is 60.3 Å². The minimum absolute atomic E-state index is 0.0418. The van der Waals surface area contributed by atoms with Crippen molar-refractivity contribution >= 4 is 5.91 Å². The van der Waals surface area contributed by atoms with Crippen LogP contribution in [0.3, 0.4) is 0 Å². The molecule has 1 amide bonds. The molecule has 3 rings (SSSR count). The summed E-state index contributed by atoms with van der Waals surface area (Å²) in [5.74, 6) is -0.163. The second-order valence-electron chi connectivity index (χ2n) is 6.39. The van der Waals surface area contributed by atoms with Crippen LogP contribution >= 0.6 is 0 Å². The van der Waals surface area contributed by atoms with Gasteiger partial charge in [0.15, 0.2) is 5.69 Å². The maximum Gasteiger partial charge on any atom is 0.273 e. The van der Waals surface area contributed by atoms with Gasteiger partial charge in [-0.05, 0) is 12.5 Å². The van der Waals surface area contributed by atoms with E-state index in [2.05, 4.69) is 15.6 Å². The zero-order valence-corrected chi connectivity index (χ0v) is 14.6. The molecule has 1 fully saturated rings. The van der Waals surface area contributed by atoms with Crippen LogP contribution in [0.25, 0.3) is 0 Å². The van der Waals surface area contributed by atoms with E-state index >= 15 is 0 Å². The van der Waals surface area contributed by atoms with Gasteiger partial charge in [-0.15, -0.1) is 5.10 Å². The number of rotatable bonds is 7. The molecule has 2 aromatic rings. The van der Waals surface area contributed by atoms with Crippen molar-refractivity contribution in [3.8, 4) is 0 Å². The predicted octanol–water partition coefficient (Wildman–Crippen LogP) is -0.0776. The number of hydrogen-bond donors (Lipinski definition) is 2. The van der Waals surface area contributed by atoms with Crippen molar-refractivity contribution in [1.82, 2.24) is 20.3 Å². The third kappa shape index (κ3) is 4.87. The Morgan fingerprint density at radius 2 is 2.08 bits per heavy atom. The quantitative estimate of drug-likeness (QED) is 0.689. The molecule has 0 saturated carbocycles. The number of benzene rings is 1. The summed E-state index contributed by atoms with van der Waals surface area (Å²) in [6.45, 7) is 7.54. The number of morpholine rings is 1. The average Bonchev–Trinajstić information content (AvgIpc) is 3.16. The lowest BCUT2D eigenvalue weighted by Crippen LogP contribution is -3.14. The highest BCUT2D eigenvalue weighted by Gasteiger charge is 2.16. The van der Waals surface area contributed by atoms with Crippen LogP contribution < -0.4 is 10.2 Å². The predicted molar refractivity (Wildman–Crippen MR) is 93.6 cm³/mol. The Bertz CT molecular complexity index is 667. The van der Waals surface area contributed by atoms with Crippen molar-refractivity contribution in [2.24, 2.45) is 0 Å². The first-order valence-electron chi connectivity index (χ1n) is 8.90. The molecular weight excluding hydrogens is 318 g/mol. The van der Waals surface area contributed by atoms with E-state index in [0.29, 0.717) is 12.2 Å². The fourth-order valence-corrected chi connectivity index (χ4v) is 3.00. The van der Waals surface area contributed by atoms with Crippen LogP contribution in [0.15, 0.2) is 36.5 Å². The fraction of sp³-hybridized carbons (Fsp3) is 0.500. The number of aromatic nitrogens is 3. The number of ether oxygens (including phenoxy) is 1. The van der Waals surface area contributed by atoms with E-state index in [4.69, 9.17) is 4.74 Å². The van der Waals surface area contributed by atoms with E-state index in [1.807, 2.05) is 37.3 Å². The molecule has 7 heteroatoms. The van der Waals surface area contributed by atoms with E-state index in [1.165, 1.54) is 0 Å². The molecule has 7 nitrogen and oxygen atoms in total. The Balaban J connectivity index is 1.45. The van der Waals surface area contributed by atoms with E-state index < -0.39 is 0 Å². The second-order valence-corrected chi connectivity index (χ2v) is 6.39. The largest absolute Gasteiger partial charge is 0.370 e. The first kappa shape index (κ1) is 17.6. The zero-order chi connectivity index (χ0) is 17.5. The van der Waals surface area contributed by atoms with Crippen molar-refractivity contribution < 1.29 is 14.4 Å². The van der Waals surface area contributed by atoms with Gasteiger partial charge in [-0.3, -0.25) is 4.79 Å². The first-order valence-corrected chi connectivity index (χ1v) is 8.90. The fourth-order valence-electron chi connectivity index (χ4n) is 3.00. The van der Waals surface area contributed by atoms with E-state index in [1.54, 1.807) is 15.8 Å². The highest BCUT2D eigenvalue weighted by molar-refractivity contribution is 5.91. The average molecular weight is 344 g/mol. The maximum atomic E-state index is 12.2. The Labute approximate surface area is 148 Å². The second kappa shape index (κ2) is 8.73. The standard InChI is InChI=1S/C18H25N5O2/c1-15(16-6-3-2-4-7-16)23-14-17(20-21-23)18(24)19-8-5-9-22-10-12-25-13-11-22/h2-4,6-7,14-15H,5,8-13H2,1H3,(H,19,24)/p+1/t15-/m1/s1. The number of nitrogens with zero attached hydrogens (tertiary/aromatic N) is 3. The van der Waals surface area contributed by atoms with Crippen LogP contribution in [0.5, 0.6) is 0 Å². The van der Waals surface area contributed by atoms with Gasteiger partial charge in [0.05, 0.1) is 32.0 Å². The van der Waals surface area contributed by atoms with Crippen molar-refractivity contribution in [3.63, 3.8) is 0 Å². The minimum Gasteiger partial charge on any atom is -0.370 e. The molecule has 2 heterocycles. The molecule has 1 aliphatic heterocycles. The summed E-state index contributed by atoms with van der Waals surface area (Å²) in [5.41, 5.74) is 1.49. The van der Waals surface area contributed by atoms with Gasteiger partial charge >= 0.3 is 0 Å². The van der Waals surface area contributed by atoms with Crippen LogP contribution in [0.4, 0.5) is 0 Å². The molecule has 0 unspecified atom stereocenters. The Morgan fingerprint density at radius 3 is 2.84 bits per heavy atom. The number of nitrogens with one attached hydrogen (secondary N) is 2. The van der Waals surface area contributed by atoms with Crippen molar-refractivity contribution in [1.29, 1.82) is 0 Å². The Hall–Kier alpha value is -2.25. The lowest BCUT2D eigenvalue weighted by molar-refractivity contribution is -0.908. The normalized spacial score (nSPS) is 16.5. The van der Waals surface area contributed by atoms with Crippen LogP contribution in [-0.2, 0) is 4.74 Å². The Kier molecular flexibility index (Phi) is 6.14. The van der Waals surface area contributed by atoms with E-state index in [0.717, 1.165) is 44.8 Å². The smallest absolute Gasteiger partial charge is 0.273 e. The summed E-state index contributed by atoms with van der Waals surface area (Å²) >= 11 is 0. The van der Waals surface area contributed by atoms with Crippen LogP contribution in [0.1, 0.15) is 35.4 Å². The Morgan fingerprint density at radius 1 is 1.32 bits per heavy atom. The highest BCUT2D eigenvalue weighted by atomic mass is 16.5. The zero-order valence-electron chi connectivity index (χ0n) is 14.6. The van der Waals surface area contributed by atoms with Crippen LogP contribution in [0, 0.1) is 0 Å². The van der Waals surface area contributed by atoms with Gasteiger partial charge in [-0.1, -0.05) is 35.5 Å². The molecule has 2 N–H and O–H groups in total. The number of carbonyl (C=O) groups is 1. The van der Waals surface area contributed by atoms with Crippen molar-refractivity contribution in [2.75, 3.05) is 39.4 Å². The van der Waals surface area contributed by atoms with Gasteiger partial charge in [0.1, 0.15) is 13.1 Å². The molecule has 1 atom stereocenters. The molecular formula is C18H26N5O2+. The van der Waals surface area contributed by atoms with Gasteiger partial charge in [0.25, 0.3) is 5.91 Å². The lowest BCUT2D eigenvalue weighted by Gasteiger charge is -2.23. The third-order valence-corrected chi connectivity index (χ3v) is 4.61. The van der Waals surface area contributed by atoms with E-state index in [-0.39, 0.29) is 11.9 Å². The van der Waals surface area contributed by atoms with Crippen LogP contribution in [0.2, 0.25) is 0 Å². The monoisotopic (exact) mass is 344 g/mol. The number of quaternary nitrogens is 1. The summed E-state index contributed by atoms with van der Waals surface area (Å²) in [6, 6.07) is 10.1. The molecule has 25 heavy (non-hydrogen) atoms. The van der Waals surface area contributed by atoms with E-state index in [9.17, 15) is 4.79 Å². The summed E-state index contributed by atoms with van der Waals surface area (Å²) < 4.78 is 7.07. The molecule has 0 radical (unpaired) electrons. The maximum absolute atomic E-state index is 12.2. The van der Waals surface area contributed by atoms with Gasteiger partial charge < -0.3 is 15.0 Å². The molecule has 1 aliphatic rings. The topological polar surface area (TPSA) is 73.5 Å². The molecule has 1 saturated heterocycles. The molecule has 0 aliphatic carbocycles. The van der Waals surface area contributed by atoms with Gasteiger partial charge in [0.2, 0.25) is 0 Å². The van der Waals surface area contributed by atoms with Crippen molar-refractivity contribution in [3.05, 3.63) is 47.8 Å². The summed E-state index contributed by atoms with van der Waals surface area (Å²) in [7, 11) is 0.